The SMILES string of the molecule is CSCCC(NC(=O)C(N)Cc1cnc[nH]1)C(=O)NC(CO)C(=O)NCC(=O)O. The van der Waals surface area contributed by atoms with Gasteiger partial charge in [-0.2, -0.15) is 11.8 Å². The molecule has 0 aliphatic carbocycles. The van der Waals surface area contributed by atoms with Crippen molar-refractivity contribution in [2.24, 2.45) is 5.73 Å². The molecular formula is C16H26N6O6S. The van der Waals surface area contributed by atoms with Crippen molar-refractivity contribution in [1.82, 2.24) is 25.9 Å². The first kappa shape index (κ1) is 24.4. The maximum atomic E-state index is 12.5. The molecule has 13 heteroatoms. The van der Waals surface area contributed by atoms with Crippen LogP contribution in [0.3, 0.4) is 0 Å². The molecule has 3 atom stereocenters. The quantitative estimate of drug-likeness (QED) is 0.173. The Morgan fingerprint density at radius 2 is 1.90 bits per heavy atom. The van der Waals surface area contributed by atoms with Crippen LogP contribution in [-0.2, 0) is 25.6 Å². The number of carboxylic acids is 1. The van der Waals surface area contributed by atoms with E-state index in [1.165, 1.54) is 24.3 Å². The second-order valence-electron chi connectivity index (χ2n) is 6.09. The van der Waals surface area contributed by atoms with E-state index in [4.69, 9.17) is 10.8 Å². The lowest BCUT2D eigenvalue weighted by Crippen LogP contribution is -2.57. The molecular weight excluding hydrogens is 404 g/mol. The molecule has 3 unspecified atom stereocenters. The fraction of sp³-hybridized carbons (Fsp3) is 0.562. The van der Waals surface area contributed by atoms with Gasteiger partial charge in [-0.3, -0.25) is 19.2 Å². The summed E-state index contributed by atoms with van der Waals surface area (Å²) in [6.45, 7) is -1.39. The molecule has 0 spiro atoms. The van der Waals surface area contributed by atoms with Crippen LogP contribution >= 0.6 is 11.8 Å². The van der Waals surface area contributed by atoms with Crippen LogP contribution < -0.4 is 21.7 Å². The molecule has 162 valence electrons. The Morgan fingerprint density at radius 3 is 2.45 bits per heavy atom. The number of aliphatic hydroxyl groups excluding tert-OH is 1. The van der Waals surface area contributed by atoms with Crippen molar-refractivity contribution in [2.75, 3.05) is 25.2 Å². The summed E-state index contributed by atoms with van der Waals surface area (Å²) < 4.78 is 0. The van der Waals surface area contributed by atoms with Gasteiger partial charge in [0.05, 0.1) is 19.0 Å². The van der Waals surface area contributed by atoms with Crippen molar-refractivity contribution in [1.29, 1.82) is 0 Å². The Labute approximate surface area is 171 Å². The molecule has 1 aromatic rings. The van der Waals surface area contributed by atoms with Gasteiger partial charge in [0.15, 0.2) is 0 Å². The highest BCUT2D eigenvalue weighted by Gasteiger charge is 2.28. The lowest BCUT2D eigenvalue weighted by molar-refractivity contribution is -0.139. The Bertz CT molecular complexity index is 685. The van der Waals surface area contributed by atoms with Gasteiger partial charge in [-0.25, -0.2) is 4.98 Å². The highest BCUT2D eigenvalue weighted by molar-refractivity contribution is 7.98. The van der Waals surface area contributed by atoms with E-state index in [9.17, 15) is 24.3 Å². The van der Waals surface area contributed by atoms with E-state index < -0.39 is 55.0 Å². The van der Waals surface area contributed by atoms with E-state index in [1.807, 2.05) is 6.26 Å². The first-order chi connectivity index (χ1) is 13.8. The normalized spacial score (nSPS) is 13.8. The van der Waals surface area contributed by atoms with Crippen molar-refractivity contribution >= 4 is 35.5 Å². The molecule has 1 aromatic heterocycles. The number of amides is 3. The zero-order valence-electron chi connectivity index (χ0n) is 15.9. The zero-order valence-corrected chi connectivity index (χ0v) is 16.7. The van der Waals surface area contributed by atoms with Crippen LogP contribution in [0, 0.1) is 0 Å². The molecule has 0 aromatic carbocycles. The van der Waals surface area contributed by atoms with Gasteiger partial charge < -0.3 is 36.9 Å². The van der Waals surface area contributed by atoms with Crippen molar-refractivity contribution in [3.05, 3.63) is 18.2 Å². The maximum absolute atomic E-state index is 12.5. The Kier molecular flexibility index (Phi) is 10.7. The number of aromatic amines is 1. The molecule has 3 amide bonds. The predicted octanol–water partition coefficient (Wildman–Crippen LogP) is -2.80. The van der Waals surface area contributed by atoms with Gasteiger partial charge in [-0.05, 0) is 18.4 Å². The second-order valence-corrected chi connectivity index (χ2v) is 7.07. The van der Waals surface area contributed by atoms with Gasteiger partial charge in [-0.15, -0.1) is 0 Å². The van der Waals surface area contributed by atoms with Crippen LogP contribution in [0.4, 0.5) is 0 Å². The van der Waals surface area contributed by atoms with Crippen LogP contribution in [0.2, 0.25) is 0 Å². The number of thioether (sulfide) groups is 1. The third-order valence-corrected chi connectivity index (χ3v) is 4.45. The molecule has 0 aliphatic heterocycles. The number of nitrogens with two attached hydrogens (primary N) is 1. The topological polar surface area (TPSA) is 200 Å². The molecule has 0 fully saturated rings. The van der Waals surface area contributed by atoms with Crippen LogP contribution in [-0.4, -0.2) is 87.2 Å². The molecule has 29 heavy (non-hydrogen) atoms. The van der Waals surface area contributed by atoms with Crippen molar-refractivity contribution in [2.45, 2.75) is 31.0 Å². The van der Waals surface area contributed by atoms with Gasteiger partial charge in [-0.1, -0.05) is 0 Å². The lowest BCUT2D eigenvalue weighted by atomic mass is 10.1. The number of hydrogen-bond donors (Lipinski definition) is 7. The summed E-state index contributed by atoms with van der Waals surface area (Å²) >= 11 is 1.46. The van der Waals surface area contributed by atoms with E-state index in [0.717, 1.165) is 0 Å². The number of carboxylic acid groups (broad SMARTS) is 1. The van der Waals surface area contributed by atoms with Crippen LogP contribution in [0.25, 0.3) is 0 Å². The molecule has 1 rings (SSSR count). The first-order valence-corrected chi connectivity index (χ1v) is 10.1. The van der Waals surface area contributed by atoms with Gasteiger partial charge in [0.2, 0.25) is 17.7 Å². The summed E-state index contributed by atoms with van der Waals surface area (Å²) in [5.41, 5.74) is 6.53. The third-order valence-electron chi connectivity index (χ3n) is 3.80. The third kappa shape index (κ3) is 8.93. The minimum Gasteiger partial charge on any atom is -0.480 e. The number of aromatic nitrogens is 2. The number of carbonyl (C=O) groups is 4. The number of nitrogens with zero attached hydrogens (tertiary/aromatic N) is 1. The monoisotopic (exact) mass is 430 g/mol. The number of H-pyrrole nitrogens is 1. The van der Waals surface area contributed by atoms with Crippen LogP contribution in [0.5, 0.6) is 0 Å². The van der Waals surface area contributed by atoms with Gasteiger partial charge in [0, 0.05) is 18.3 Å². The molecule has 1 heterocycles. The molecule has 0 aliphatic rings. The van der Waals surface area contributed by atoms with Gasteiger partial charge in [0.25, 0.3) is 0 Å². The second kappa shape index (κ2) is 12.7. The largest absolute Gasteiger partial charge is 0.480 e. The molecule has 12 nitrogen and oxygen atoms in total. The Hall–Kier alpha value is -2.64. The molecule has 0 saturated carbocycles. The Morgan fingerprint density at radius 1 is 1.21 bits per heavy atom. The van der Waals surface area contributed by atoms with Crippen molar-refractivity contribution in [3.8, 4) is 0 Å². The smallest absolute Gasteiger partial charge is 0.322 e. The number of nitrogens with one attached hydrogen (secondary N) is 4. The minimum atomic E-state index is -1.35. The minimum absolute atomic E-state index is 0.194. The van der Waals surface area contributed by atoms with E-state index in [-0.39, 0.29) is 12.8 Å². The first-order valence-electron chi connectivity index (χ1n) is 8.71. The molecule has 0 radical (unpaired) electrons. The van der Waals surface area contributed by atoms with E-state index in [2.05, 4.69) is 25.9 Å². The lowest BCUT2D eigenvalue weighted by Gasteiger charge is -2.23. The number of imidazole rings is 1. The summed E-state index contributed by atoms with van der Waals surface area (Å²) in [5, 5.41) is 24.9. The van der Waals surface area contributed by atoms with Gasteiger partial charge in [0.1, 0.15) is 18.6 Å². The Balaban J connectivity index is 2.70. The predicted molar refractivity (Wildman–Crippen MR) is 105 cm³/mol. The number of hydrogen-bond acceptors (Lipinski definition) is 8. The summed E-state index contributed by atoms with van der Waals surface area (Å²) in [6.07, 6.45) is 5.28. The maximum Gasteiger partial charge on any atom is 0.322 e. The standard InChI is InChI=1S/C16H26N6O6S/c1-29-3-2-11(21-14(26)10(17)4-9-5-18-8-20-9)16(28)22-12(7-23)15(27)19-6-13(24)25/h5,8,10-12,23H,2-4,6-7,17H2,1H3,(H,18,20)(H,19,27)(H,21,26)(H,22,28)(H,24,25). The van der Waals surface area contributed by atoms with E-state index in [0.29, 0.717) is 11.4 Å². The molecule has 0 saturated heterocycles. The number of aliphatic hydroxyl groups is 1. The number of carbonyl (C=O) groups excluding carboxylic acids is 3. The highest BCUT2D eigenvalue weighted by Crippen LogP contribution is 2.04. The summed E-state index contributed by atoms with van der Waals surface area (Å²) in [4.78, 5) is 54.0. The fourth-order valence-electron chi connectivity index (χ4n) is 2.26. The van der Waals surface area contributed by atoms with Crippen molar-refractivity contribution in [3.63, 3.8) is 0 Å². The average Bonchev–Trinajstić information content (AvgIpc) is 3.19. The highest BCUT2D eigenvalue weighted by atomic mass is 32.2. The summed E-state index contributed by atoms with van der Waals surface area (Å²) in [7, 11) is 0. The van der Waals surface area contributed by atoms with Crippen molar-refractivity contribution < 1.29 is 29.4 Å². The molecule has 8 N–H and O–H groups in total. The van der Waals surface area contributed by atoms with E-state index in [1.54, 1.807) is 0 Å². The van der Waals surface area contributed by atoms with E-state index >= 15 is 0 Å². The fourth-order valence-corrected chi connectivity index (χ4v) is 2.73. The molecule has 0 bridgehead atoms. The van der Waals surface area contributed by atoms with Crippen LogP contribution in [0.15, 0.2) is 12.5 Å². The summed E-state index contributed by atoms with van der Waals surface area (Å²) in [6, 6.07) is -3.26. The number of rotatable bonds is 13. The number of aliphatic carboxylic acids is 1. The van der Waals surface area contributed by atoms with Crippen LogP contribution in [0.1, 0.15) is 12.1 Å². The summed E-state index contributed by atoms with van der Waals surface area (Å²) in [5.74, 6) is -2.82. The van der Waals surface area contributed by atoms with Gasteiger partial charge >= 0.3 is 5.97 Å². The zero-order chi connectivity index (χ0) is 21.8. The average molecular weight is 430 g/mol.